The van der Waals surface area contributed by atoms with Crippen molar-refractivity contribution in [1.82, 2.24) is 15.5 Å². The molecule has 5 rings (SSSR count). The van der Waals surface area contributed by atoms with Crippen molar-refractivity contribution >= 4 is 30.7 Å². The van der Waals surface area contributed by atoms with Gasteiger partial charge in [0.05, 0.1) is 18.6 Å². The number of hydrogen-bond donors (Lipinski definition) is 2. The molecule has 1 amide bonds. The van der Waals surface area contributed by atoms with Crippen molar-refractivity contribution in [1.29, 1.82) is 0 Å². The second kappa shape index (κ2) is 12.4. The largest absolute Gasteiger partial charge is 0.379 e. The van der Waals surface area contributed by atoms with Crippen LogP contribution in [0.25, 0.3) is 0 Å². The van der Waals surface area contributed by atoms with Crippen LogP contribution in [0.15, 0.2) is 30.3 Å². The number of nitrogens with zero attached hydrogens (tertiary/aromatic N) is 1. The average molecular weight is 513 g/mol. The topological polar surface area (TPSA) is 53.6 Å². The molecular formula is C27H43Cl2N3O2. The predicted octanol–water partition coefficient (Wildman–Crippen LogP) is 4.33. The number of morpholine rings is 1. The molecule has 4 aliphatic rings. The van der Waals surface area contributed by atoms with Crippen LogP contribution in [0.4, 0.5) is 0 Å². The van der Waals surface area contributed by atoms with Crippen molar-refractivity contribution in [3.05, 3.63) is 35.9 Å². The molecule has 2 N–H and O–H groups in total. The Morgan fingerprint density at radius 1 is 1.03 bits per heavy atom. The highest BCUT2D eigenvalue weighted by atomic mass is 35.5. The number of carbonyl (C=O) groups is 1. The van der Waals surface area contributed by atoms with Gasteiger partial charge in [-0.3, -0.25) is 9.69 Å². The Morgan fingerprint density at radius 2 is 1.76 bits per heavy atom. The molecule has 0 radical (unpaired) electrons. The highest BCUT2D eigenvalue weighted by Gasteiger charge is 2.51. The number of fused-ring (bicyclic) bond motifs is 1. The van der Waals surface area contributed by atoms with Gasteiger partial charge in [-0.1, -0.05) is 49.6 Å². The molecular weight excluding hydrogens is 469 g/mol. The van der Waals surface area contributed by atoms with Crippen molar-refractivity contribution in [2.45, 2.75) is 69.2 Å². The van der Waals surface area contributed by atoms with Crippen LogP contribution >= 0.6 is 24.8 Å². The van der Waals surface area contributed by atoms with E-state index in [4.69, 9.17) is 4.74 Å². The molecule has 0 unspecified atom stereocenters. The summed E-state index contributed by atoms with van der Waals surface area (Å²) in [6.45, 7) is 6.49. The van der Waals surface area contributed by atoms with E-state index in [1.54, 1.807) is 0 Å². The lowest BCUT2D eigenvalue weighted by molar-refractivity contribution is -0.140. The van der Waals surface area contributed by atoms with Crippen LogP contribution in [0.1, 0.15) is 63.4 Å². The molecule has 1 aromatic rings. The number of nitrogens with one attached hydrogen (secondary N) is 2. The highest BCUT2D eigenvalue weighted by molar-refractivity contribution is 5.85. The minimum atomic E-state index is -0.229. The fourth-order valence-corrected chi connectivity index (χ4v) is 7.18. The molecule has 0 aromatic heterocycles. The van der Waals surface area contributed by atoms with Crippen molar-refractivity contribution in [2.75, 3.05) is 45.9 Å². The van der Waals surface area contributed by atoms with E-state index in [1.165, 1.54) is 44.1 Å². The summed E-state index contributed by atoms with van der Waals surface area (Å²) in [7, 11) is 0. The van der Waals surface area contributed by atoms with Gasteiger partial charge in [0, 0.05) is 37.6 Å². The van der Waals surface area contributed by atoms with Crippen molar-refractivity contribution < 1.29 is 9.53 Å². The first kappa shape index (κ1) is 27.7. The van der Waals surface area contributed by atoms with Gasteiger partial charge >= 0.3 is 0 Å². The van der Waals surface area contributed by atoms with Crippen LogP contribution in [0.5, 0.6) is 0 Å². The first-order valence-electron chi connectivity index (χ1n) is 13.1. The van der Waals surface area contributed by atoms with E-state index in [0.717, 1.165) is 65.2 Å². The maximum atomic E-state index is 13.9. The molecule has 0 spiro atoms. The molecule has 192 valence electrons. The van der Waals surface area contributed by atoms with Crippen molar-refractivity contribution in [2.24, 2.45) is 11.3 Å². The van der Waals surface area contributed by atoms with E-state index in [2.05, 4.69) is 45.9 Å². The van der Waals surface area contributed by atoms with E-state index in [0.29, 0.717) is 17.9 Å². The zero-order valence-corrected chi connectivity index (χ0v) is 22.1. The van der Waals surface area contributed by atoms with Gasteiger partial charge in [-0.2, -0.15) is 0 Å². The third kappa shape index (κ3) is 5.59. The Morgan fingerprint density at radius 3 is 2.50 bits per heavy atom. The third-order valence-corrected chi connectivity index (χ3v) is 9.17. The molecule has 2 aliphatic heterocycles. The number of amides is 1. The van der Waals surface area contributed by atoms with Crippen LogP contribution in [-0.2, 0) is 14.9 Å². The Bertz CT molecular complexity index is 768. The molecule has 34 heavy (non-hydrogen) atoms. The Kier molecular flexibility index (Phi) is 10.1. The van der Waals surface area contributed by atoms with Crippen LogP contribution in [0, 0.1) is 11.3 Å². The highest BCUT2D eigenvalue weighted by Crippen LogP contribution is 2.46. The SMILES string of the molecule is Cl.Cl.O=C(NCC1(c2ccccc2)CCCCC1)[C@@]12CC[C@H](N3CCOCC3)C[C@H]1CCNC2. The minimum Gasteiger partial charge on any atom is -0.379 e. The minimum absolute atomic E-state index is 0. The van der Waals surface area contributed by atoms with Crippen LogP contribution < -0.4 is 10.6 Å². The Labute approximate surface area is 218 Å². The summed E-state index contributed by atoms with van der Waals surface area (Å²) in [6.07, 6.45) is 10.7. The molecule has 2 heterocycles. The molecule has 2 saturated carbocycles. The van der Waals surface area contributed by atoms with E-state index < -0.39 is 0 Å². The van der Waals surface area contributed by atoms with Crippen molar-refractivity contribution in [3.63, 3.8) is 0 Å². The predicted molar refractivity (Wildman–Crippen MR) is 142 cm³/mol. The van der Waals surface area contributed by atoms with Gasteiger partial charge in [0.25, 0.3) is 0 Å². The fraction of sp³-hybridized carbons (Fsp3) is 0.741. The molecule has 2 saturated heterocycles. The quantitative estimate of drug-likeness (QED) is 0.617. The van der Waals surface area contributed by atoms with Crippen LogP contribution in [0.3, 0.4) is 0 Å². The molecule has 5 nitrogen and oxygen atoms in total. The summed E-state index contributed by atoms with van der Waals surface area (Å²) >= 11 is 0. The number of rotatable bonds is 5. The first-order valence-corrected chi connectivity index (χ1v) is 13.1. The second-order valence-corrected chi connectivity index (χ2v) is 10.8. The van der Waals surface area contributed by atoms with Crippen LogP contribution in [0.2, 0.25) is 0 Å². The number of carbonyl (C=O) groups excluding carboxylic acids is 1. The van der Waals surface area contributed by atoms with E-state index in [1.807, 2.05) is 0 Å². The summed E-state index contributed by atoms with van der Waals surface area (Å²) in [5.74, 6) is 0.806. The standard InChI is InChI=1S/C27H41N3O2.2ClH/c31-25(29-20-26(11-5-2-6-12-26)22-7-3-1-4-8-22)27-13-9-24(30-15-17-32-18-16-30)19-23(27)10-14-28-21-27;;/h1,3-4,7-8,23-24,28H,2,5-6,9-21H2,(H,29,31);2*1H/t23-,24+,27-;;/m1../s1. The third-order valence-electron chi connectivity index (χ3n) is 9.17. The van der Waals surface area contributed by atoms with Crippen molar-refractivity contribution in [3.8, 4) is 0 Å². The Hall–Kier alpha value is -0.850. The summed E-state index contributed by atoms with van der Waals surface area (Å²) < 4.78 is 5.57. The number of hydrogen-bond acceptors (Lipinski definition) is 4. The molecule has 7 heteroatoms. The summed E-state index contributed by atoms with van der Waals surface area (Å²) in [5.41, 5.74) is 1.29. The monoisotopic (exact) mass is 511 g/mol. The van der Waals surface area contributed by atoms with Gasteiger partial charge in [0.1, 0.15) is 0 Å². The normalized spacial score (nSPS) is 31.3. The zero-order chi connectivity index (χ0) is 21.9. The summed E-state index contributed by atoms with van der Waals surface area (Å²) in [4.78, 5) is 16.5. The Balaban J connectivity index is 0.00000162. The summed E-state index contributed by atoms with van der Waals surface area (Å²) in [6, 6.07) is 11.6. The van der Waals surface area contributed by atoms with Gasteiger partial charge in [-0.05, 0) is 56.6 Å². The van der Waals surface area contributed by atoms with Gasteiger partial charge < -0.3 is 15.4 Å². The smallest absolute Gasteiger partial charge is 0.227 e. The fourth-order valence-electron chi connectivity index (χ4n) is 7.18. The summed E-state index contributed by atoms with van der Waals surface area (Å²) in [5, 5.41) is 7.12. The first-order chi connectivity index (χ1) is 15.7. The number of benzene rings is 1. The van der Waals surface area contributed by atoms with E-state index in [-0.39, 0.29) is 35.6 Å². The van der Waals surface area contributed by atoms with E-state index in [9.17, 15) is 4.79 Å². The molecule has 4 fully saturated rings. The lowest BCUT2D eigenvalue weighted by Gasteiger charge is -2.51. The van der Waals surface area contributed by atoms with Gasteiger partial charge in [0.2, 0.25) is 5.91 Å². The number of ether oxygens (including phenoxy) is 1. The molecule has 3 atom stereocenters. The number of piperidine rings is 1. The maximum Gasteiger partial charge on any atom is 0.227 e. The van der Waals surface area contributed by atoms with Gasteiger partial charge in [-0.25, -0.2) is 0 Å². The van der Waals surface area contributed by atoms with Crippen LogP contribution in [-0.4, -0.2) is 62.8 Å². The second-order valence-electron chi connectivity index (χ2n) is 10.8. The maximum absolute atomic E-state index is 13.9. The zero-order valence-electron chi connectivity index (χ0n) is 20.4. The van der Waals surface area contributed by atoms with E-state index >= 15 is 0 Å². The van der Waals surface area contributed by atoms with Gasteiger partial charge in [0.15, 0.2) is 0 Å². The lowest BCUT2D eigenvalue weighted by atomic mass is 9.61. The number of halogens is 2. The average Bonchev–Trinajstić information content (AvgIpc) is 2.88. The molecule has 2 aliphatic carbocycles. The molecule has 1 aromatic carbocycles. The lowest BCUT2D eigenvalue weighted by Crippen LogP contribution is -2.61. The van der Waals surface area contributed by atoms with Gasteiger partial charge in [-0.15, -0.1) is 24.8 Å². The molecule has 0 bridgehead atoms.